The lowest BCUT2D eigenvalue weighted by atomic mass is 10.2. The molecule has 1 fully saturated rings. The van der Waals surface area contributed by atoms with Crippen molar-refractivity contribution in [3.05, 3.63) is 47.7 Å². The average molecular weight is 229 g/mol. The normalized spacial score (nSPS) is 15.1. The maximum absolute atomic E-state index is 5.58. The van der Waals surface area contributed by atoms with Gasteiger partial charge < -0.3 is 9.73 Å². The van der Waals surface area contributed by atoms with E-state index in [1.54, 1.807) is 0 Å². The third kappa shape index (κ3) is 2.91. The van der Waals surface area contributed by atoms with Gasteiger partial charge in [-0.2, -0.15) is 0 Å². The van der Waals surface area contributed by atoms with E-state index in [0.717, 1.165) is 0 Å². The molecule has 4 nitrogen and oxygen atoms in total. The van der Waals surface area contributed by atoms with E-state index in [1.165, 1.54) is 18.4 Å². The molecule has 1 heterocycles. The number of aromatic nitrogens is 2. The van der Waals surface area contributed by atoms with E-state index in [2.05, 4.69) is 27.6 Å². The third-order valence-corrected chi connectivity index (χ3v) is 2.83. The maximum Gasteiger partial charge on any atom is 0.230 e. The van der Waals surface area contributed by atoms with Gasteiger partial charge >= 0.3 is 0 Å². The molecule has 1 aromatic heterocycles. The number of rotatable bonds is 5. The minimum Gasteiger partial charge on any atom is -0.424 e. The molecule has 2 aromatic rings. The average Bonchev–Trinajstić information content (AvgIpc) is 3.09. The highest BCUT2D eigenvalue weighted by Crippen LogP contribution is 2.19. The molecule has 0 amide bonds. The van der Waals surface area contributed by atoms with Gasteiger partial charge in [-0.05, 0) is 18.4 Å². The first-order valence-corrected chi connectivity index (χ1v) is 5.99. The molecule has 1 N–H and O–H groups in total. The van der Waals surface area contributed by atoms with Crippen molar-refractivity contribution < 1.29 is 4.42 Å². The van der Waals surface area contributed by atoms with Gasteiger partial charge in [0.2, 0.25) is 11.8 Å². The number of hydrogen-bond donors (Lipinski definition) is 1. The first-order chi connectivity index (χ1) is 8.40. The minimum absolute atomic E-state index is 0.666. The largest absolute Gasteiger partial charge is 0.424 e. The van der Waals surface area contributed by atoms with Gasteiger partial charge in [-0.15, -0.1) is 10.2 Å². The van der Waals surface area contributed by atoms with Gasteiger partial charge in [0.1, 0.15) is 0 Å². The van der Waals surface area contributed by atoms with Crippen LogP contribution in [0.25, 0.3) is 0 Å². The Morgan fingerprint density at radius 2 is 1.88 bits per heavy atom. The molecule has 17 heavy (non-hydrogen) atoms. The van der Waals surface area contributed by atoms with E-state index in [0.29, 0.717) is 30.8 Å². The highest BCUT2D eigenvalue weighted by atomic mass is 16.4. The van der Waals surface area contributed by atoms with Gasteiger partial charge in [-0.25, -0.2) is 0 Å². The zero-order valence-corrected chi connectivity index (χ0v) is 9.60. The summed E-state index contributed by atoms with van der Waals surface area (Å²) in [5, 5.41) is 11.4. The summed E-state index contributed by atoms with van der Waals surface area (Å²) in [6.45, 7) is 0.687. The van der Waals surface area contributed by atoms with Crippen molar-refractivity contribution >= 4 is 0 Å². The molecule has 0 atom stereocenters. The van der Waals surface area contributed by atoms with E-state index in [1.807, 2.05) is 18.2 Å². The van der Waals surface area contributed by atoms with Crippen molar-refractivity contribution in [1.82, 2.24) is 15.5 Å². The fourth-order valence-electron chi connectivity index (χ4n) is 1.72. The second kappa shape index (κ2) is 4.67. The van der Waals surface area contributed by atoms with Crippen molar-refractivity contribution in [2.75, 3.05) is 0 Å². The first-order valence-electron chi connectivity index (χ1n) is 5.99. The fraction of sp³-hybridized carbons (Fsp3) is 0.385. The van der Waals surface area contributed by atoms with Crippen LogP contribution in [0.15, 0.2) is 34.7 Å². The molecular formula is C13H15N3O. The summed E-state index contributed by atoms with van der Waals surface area (Å²) >= 11 is 0. The molecule has 1 saturated carbocycles. The molecule has 1 aliphatic carbocycles. The summed E-state index contributed by atoms with van der Waals surface area (Å²) < 4.78 is 5.58. The standard InChI is InChI=1S/C13H15N3O/c1-2-4-10(5-3-1)8-12-15-16-13(17-12)9-14-11-6-7-11/h1-5,11,14H,6-9H2. The molecule has 0 radical (unpaired) electrons. The van der Waals surface area contributed by atoms with Crippen LogP contribution in [0.4, 0.5) is 0 Å². The van der Waals surface area contributed by atoms with Crippen LogP contribution in [-0.4, -0.2) is 16.2 Å². The van der Waals surface area contributed by atoms with E-state index in [-0.39, 0.29) is 0 Å². The van der Waals surface area contributed by atoms with Crippen molar-refractivity contribution in [2.45, 2.75) is 31.8 Å². The quantitative estimate of drug-likeness (QED) is 0.851. The van der Waals surface area contributed by atoms with Gasteiger partial charge in [0, 0.05) is 6.04 Å². The molecule has 1 aliphatic rings. The highest BCUT2D eigenvalue weighted by Gasteiger charge is 2.21. The van der Waals surface area contributed by atoms with E-state index < -0.39 is 0 Å². The molecule has 4 heteroatoms. The predicted molar refractivity (Wildman–Crippen MR) is 63.4 cm³/mol. The van der Waals surface area contributed by atoms with Gasteiger partial charge in [0.15, 0.2) is 0 Å². The molecule has 0 unspecified atom stereocenters. The van der Waals surface area contributed by atoms with Crippen LogP contribution in [0.3, 0.4) is 0 Å². The van der Waals surface area contributed by atoms with Crippen LogP contribution in [0, 0.1) is 0 Å². The molecule has 3 rings (SSSR count). The molecule has 88 valence electrons. The summed E-state index contributed by atoms with van der Waals surface area (Å²) in [4.78, 5) is 0. The lowest BCUT2D eigenvalue weighted by Gasteiger charge is -1.96. The van der Waals surface area contributed by atoms with E-state index in [4.69, 9.17) is 4.42 Å². The van der Waals surface area contributed by atoms with Crippen molar-refractivity contribution in [1.29, 1.82) is 0 Å². The Kier molecular flexibility index (Phi) is 2.88. The third-order valence-electron chi connectivity index (χ3n) is 2.83. The van der Waals surface area contributed by atoms with Crippen molar-refractivity contribution in [2.24, 2.45) is 0 Å². The lowest BCUT2D eigenvalue weighted by Crippen LogP contribution is -2.15. The van der Waals surface area contributed by atoms with Gasteiger partial charge in [-0.1, -0.05) is 30.3 Å². The SMILES string of the molecule is c1ccc(Cc2nnc(CNC3CC3)o2)cc1. The van der Waals surface area contributed by atoms with E-state index in [9.17, 15) is 0 Å². The van der Waals surface area contributed by atoms with Gasteiger partial charge in [0.25, 0.3) is 0 Å². The van der Waals surface area contributed by atoms with Gasteiger partial charge in [0.05, 0.1) is 13.0 Å². The van der Waals surface area contributed by atoms with Crippen molar-refractivity contribution in [3.8, 4) is 0 Å². The maximum atomic E-state index is 5.58. The summed E-state index contributed by atoms with van der Waals surface area (Å²) in [5.74, 6) is 1.37. The number of benzene rings is 1. The molecule has 0 bridgehead atoms. The van der Waals surface area contributed by atoms with Crippen LogP contribution < -0.4 is 5.32 Å². The molecule has 0 spiro atoms. The van der Waals surface area contributed by atoms with Gasteiger partial charge in [-0.3, -0.25) is 0 Å². The number of nitrogens with zero attached hydrogens (tertiary/aromatic N) is 2. The Bertz CT molecular complexity index is 476. The Morgan fingerprint density at radius 3 is 2.65 bits per heavy atom. The monoisotopic (exact) mass is 229 g/mol. The summed E-state index contributed by atoms with van der Waals surface area (Å²) in [5.41, 5.74) is 1.19. The summed E-state index contributed by atoms with van der Waals surface area (Å²) in [7, 11) is 0. The van der Waals surface area contributed by atoms with E-state index >= 15 is 0 Å². The Labute approximate surface area is 100 Å². The highest BCUT2D eigenvalue weighted by molar-refractivity contribution is 5.17. The lowest BCUT2D eigenvalue weighted by molar-refractivity contribution is 0.438. The second-order valence-corrected chi connectivity index (χ2v) is 4.41. The van der Waals surface area contributed by atoms with Crippen molar-refractivity contribution in [3.63, 3.8) is 0 Å². The summed E-state index contributed by atoms with van der Waals surface area (Å²) in [6.07, 6.45) is 3.24. The Hall–Kier alpha value is -1.68. The Balaban J connectivity index is 1.59. The van der Waals surface area contributed by atoms with Crippen LogP contribution in [0.5, 0.6) is 0 Å². The van der Waals surface area contributed by atoms with Crippen LogP contribution >= 0.6 is 0 Å². The topological polar surface area (TPSA) is 51.0 Å². The predicted octanol–water partition coefficient (Wildman–Crippen LogP) is 1.91. The first kappa shape index (κ1) is 10.5. The molecule has 0 aliphatic heterocycles. The smallest absolute Gasteiger partial charge is 0.230 e. The molecule has 1 aromatic carbocycles. The van der Waals surface area contributed by atoms with Crippen LogP contribution in [-0.2, 0) is 13.0 Å². The second-order valence-electron chi connectivity index (χ2n) is 4.41. The van der Waals surface area contributed by atoms with Crippen LogP contribution in [0.1, 0.15) is 30.2 Å². The van der Waals surface area contributed by atoms with Crippen LogP contribution in [0.2, 0.25) is 0 Å². The number of hydrogen-bond acceptors (Lipinski definition) is 4. The molecular weight excluding hydrogens is 214 g/mol. The minimum atomic E-state index is 0.666. The Morgan fingerprint density at radius 1 is 1.12 bits per heavy atom. The fourth-order valence-corrected chi connectivity index (χ4v) is 1.72. The molecule has 0 saturated heterocycles. The zero-order valence-electron chi connectivity index (χ0n) is 9.60. The summed E-state index contributed by atoms with van der Waals surface area (Å²) in [6, 6.07) is 10.8. The number of nitrogens with one attached hydrogen (secondary N) is 1. The zero-order chi connectivity index (χ0) is 11.5.